The molecular weight excluding hydrogens is 462 g/mol. The van der Waals surface area contributed by atoms with E-state index in [0.29, 0.717) is 58.7 Å². The molecule has 3 aromatic heterocycles. The average molecular weight is 486 g/mol. The molecule has 1 amide bonds. The fraction of sp³-hybridized carbons (Fsp3) is 0.318. The Kier molecular flexibility index (Phi) is 6.82. The van der Waals surface area contributed by atoms with Gasteiger partial charge in [-0.25, -0.2) is 9.78 Å². The summed E-state index contributed by atoms with van der Waals surface area (Å²) in [6.45, 7) is 4.41. The molecule has 34 heavy (non-hydrogen) atoms. The van der Waals surface area contributed by atoms with Crippen molar-refractivity contribution in [3.63, 3.8) is 0 Å². The zero-order valence-electron chi connectivity index (χ0n) is 19.2. The first-order valence-electron chi connectivity index (χ1n) is 10.4. The Morgan fingerprint density at radius 2 is 2.03 bits per heavy atom. The Bertz CT molecular complexity index is 1330. The number of carbonyl (C=O) groups is 1. The largest absolute Gasteiger partial charge is 0.496 e. The molecule has 0 aliphatic heterocycles. The standard InChI is InChI=1S/C22H24ClN7O4/c1-12-7-16(29-34-12)10-24-20-19-18(25-21(26-20)27-22(31)33-4)13(2)28-30(19)11-15-6-5-14(9-23)8-17(15)32-3/h5-8H,9-11H2,1-4H3,(H2,24,25,26,27,31). The number of alkyl halides is 1. The van der Waals surface area contributed by atoms with Crippen molar-refractivity contribution >= 4 is 40.5 Å². The van der Waals surface area contributed by atoms with Crippen LogP contribution in [0, 0.1) is 13.8 Å². The Labute approximate surface area is 200 Å². The van der Waals surface area contributed by atoms with Gasteiger partial charge in [-0.2, -0.15) is 10.1 Å². The number of anilines is 2. The highest BCUT2D eigenvalue weighted by Gasteiger charge is 2.19. The van der Waals surface area contributed by atoms with E-state index in [1.54, 1.807) is 11.8 Å². The Hall–Kier alpha value is -3.86. The number of carbonyl (C=O) groups excluding carboxylic acids is 1. The molecule has 0 spiro atoms. The molecule has 0 radical (unpaired) electrons. The summed E-state index contributed by atoms with van der Waals surface area (Å²) in [5.74, 6) is 2.35. The van der Waals surface area contributed by atoms with E-state index >= 15 is 0 Å². The molecule has 4 rings (SSSR count). The Morgan fingerprint density at radius 3 is 2.71 bits per heavy atom. The molecule has 3 heterocycles. The van der Waals surface area contributed by atoms with E-state index in [-0.39, 0.29) is 5.95 Å². The van der Waals surface area contributed by atoms with Gasteiger partial charge in [-0.05, 0) is 25.5 Å². The number of ether oxygens (including phenoxy) is 2. The van der Waals surface area contributed by atoms with Gasteiger partial charge >= 0.3 is 6.09 Å². The van der Waals surface area contributed by atoms with Crippen LogP contribution >= 0.6 is 11.6 Å². The van der Waals surface area contributed by atoms with E-state index in [4.69, 9.17) is 20.9 Å². The fourth-order valence-corrected chi connectivity index (χ4v) is 3.67. The number of fused-ring (bicyclic) bond motifs is 1. The van der Waals surface area contributed by atoms with Gasteiger partial charge in [-0.15, -0.1) is 11.6 Å². The van der Waals surface area contributed by atoms with Crippen LogP contribution in [-0.4, -0.2) is 45.2 Å². The summed E-state index contributed by atoms with van der Waals surface area (Å²) in [4.78, 5) is 20.7. The fourth-order valence-electron chi connectivity index (χ4n) is 3.51. The summed E-state index contributed by atoms with van der Waals surface area (Å²) in [6.07, 6.45) is -0.674. The lowest BCUT2D eigenvalue weighted by molar-refractivity contribution is 0.186. The lowest BCUT2D eigenvalue weighted by Gasteiger charge is -2.13. The third-order valence-electron chi connectivity index (χ3n) is 5.09. The van der Waals surface area contributed by atoms with Crippen LogP contribution in [0.15, 0.2) is 28.8 Å². The zero-order chi connectivity index (χ0) is 24.2. The van der Waals surface area contributed by atoms with Gasteiger partial charge < -0.3 is 19.3 Å². The minimum atomic E-state index is -0.674. The number of aromatic nitrogens is 5. The van der Waals surface area contributed by atoms with Crippen molar-refractivity contribution in [2.75, 3.05) is 24.9 Å². The number of rotatable bonds is 8. The summed E-state index contributed by atoms with van der Waals surface area (Å²) in [6, 6.07) is 7.63. The number of methoxy groups -OCH3 is 2. The molecule has 0 saturated carbocycles. The summed E-state index contributed by atoms with van der Waals surface area (Å²) in [7, 11) is 2.89. The van der Waals surface area contributed by atoms with Gasteiger partial charge in [0.05, 0.1) is 33.0 Å². The van der Waals surface area contributed by atoms with Crippen LogP contribution in [0.1, 0.15) is 28.3 Å². The van der Waals surface area contributed by atoms with Crippen molar-refractivity contribution in [1.82, 2.24) is 24.9 Å². The molecule has 178 valence electrons. The summed E-state index contributed by atoms with van der Waals surface area (Å²) in [5.41, 5.74) is 4.48. The second-order valence-electron chi connectivity index (χ2n) is 7.51. The van der Waals surface area contributed by atoms with Gasteiger partial charge in [0.25, 0.3) is 0 Å². The predicted octanol–water partition coefficient (Wildman–Crippen LogP) is 4.02. The Balaban J connectivity index is 1.77. The quantitative estimate of drug-likeness (QED) is 0.355. The van der Waals surface area contributed by atoms with Gasteiger partial charge in [-0.1, -0.05) is 17.3 Å². The smallest absolute Gasteiger partial charge is 0.413 e. The van der Waals surface area contributed by atoms with Gasteiger partial charge in [-0.3, -0.25) is 10.00 Å². The summed E-state index contributed by atoms with van der Waals surface area (Å²) in [5, 5.41) is 14.5. The second kappa shape index (κ2) is 9.96. The SMILES string of the molecule is COC(=O)Nc1nc(NCc2cc(C)on2)c2c(n1)c(C)nn2Cc1ccc(CCl)cc1OC. The first-order chi connectivity index (χ1) is 16.4. The van der Waals surface area contributed by atoms with Gasteiger partial charge in [0.2, 0.25) is 5.95 Å². The van der Waals surface area contributed by atoms with E-state index < -0.39 is 6.09 Å². The van der Waals surface area contributed by atoms with Gasteiger partial charge in [0.1, 0.15) is 28.2 Å². The molecule has 0 aliphatic rings. The van der Waals surface area contributed by atoms with Gasteiger partial charge in [0, 0.05) is 17.5 Å². The summed E-state index contributed by atoms with van der Waals surface area (Å²) >= 11 is 5.97. The van der Waals surface area contributed by atoms with E-state index in [2.05, 4.69) is 35.6 Å². The van der Waals surface area contributed by atoms with E-state index in [1.807, 2.05) is 38.1 Å². The zero-order valence-corrected chi connectivity index (χ0v) is 19.9. The number of benzene rings is 1. The number of aryl methyl sites for hydroxylation is 2. The van der Waals surface area contributed by atoms with E-state index in [0.717, 1.165) is 11.1 Å². The first kappa shape index (κ1) is 23.3. The van der Waals surface area contributed by atoms with Crippen LogP contribution in [0.25, 0.3) is 11.0 Å². The number of hydrogen-bond acceptors (Lipinski definition) is 9. The molecule has 4 aromatic rings. The molecule has 2 N–H and O–H groups in total. The number of hydrogen-bond donors (Lipinski definition) is 2. The number of amides is 1. The molecule has 12 heteroatoms. The highest BCUT2D eigenvalue weighted by atomic mass is 35.5. The highest BCUT2D eigenvalue weighted by molar-refractivity contribution is 6.17. The third-order valence-corrected chi connectivity index (χ3v) is 5.40. The minimum absolute atomic E-state index is 0.0879. The van der Waals surface area contributed by atoms with Gasteiger partial charge in [0.15, 0.2) is 5.82 Å². The van der Waals surface area contributed by atoms with E-state index in [1.165, 1.54) is 7.11 Å². The third kappa shape index (κ3) is 4.88. The highest BCUT2D eigenvalue weighted by Crippen LogP contribution is 2.28. The number of nitrogens with zero attached hydrogens (tertiary/aromatic N) is 5. The normalized spacial score (nSPS) is 11.0. The summed E-state index contributed by atoms with van der Waals surface area (Å²) < 4.78 is 17.2. The maximum absolute atomic E-state index is 11.8. The maximum Gasteiger partial charge on any atom is 0.413 e. The van der Waals surface area contributed by atoms with Crippen LogP contribution < -0.4 is 15.4 Å². The topological polar surface area (TPSA) is 129 Å². The molecular formula is C22H24ClN7O4. The molecule has 1 aromatic carbocycles. The molecule has 0 aliphatic carbocycles. The van der Waals surface area contributed by atoms with Crippen molar-refractivity contribution in [2.24, 2.45) is 0 Å². The van der Waals surface area contributed by atoms with Crippen molar-refractivity contribution in [1.29, 1.82) is 0 Å². The monoisotopic (exact) mass is 485 g/mol. The number of halogens is 1. The predicted molar refractivity (Wildman–Crippen MR) is 126 cm³/mol. The molecule has 0 bridgehead atoms. The lowest BCUT2D eigenvalue weighted by atomic mass is 10.1. The van der Waals surface area contributed by atoms with Crippen LogP contribution in [0.2, 0.25) is 0 Å². The van der Waals surface area contributed by atoms with Crippen molar-refractivity contribution in [2.45, 2.75) is 32.8 Å². The van der Waals surface area contributed by atoms with Crippen molar-refractivity contribution < 1.29 is 18.8 Å². The molecule has 0 atom stereocenters. The molecule has 0 unspecified atom stereocenters. The van der Waals surface area contributed by atoms with Crippen LogP contribution in [0.4, 0.5) is 16.6 Å². The first-order valence-corrected chi connectivity index (χ1v) is 10.9. The number of nitrogens with one attached hydrogen (secondary N) is 2. The molecule has 0 saturated heterocycles. The molecule has 11 nitrogen and oxygen atoms in total. The molecule has 0 fully saturated rings. The van der Waals surface area contributed by atoms with Crippen LogP contribution in [0.3, 0.4) is 0 Å². The second-order valence-corrected chi connectivity index (χ2v) is 7.78. The van der Waals surface area contributed by atoms with Crippen molar-refractivity contribution in [3.8, 4) is 5.75 Å². The maximum atomic E-state index is 11.8. The Morgan fingerprint density at radius 1 is 1.21 bits per heavy atom. The van der Waals surface area contributed by atoms with E-state index in [9.17, 15) is 4.79 Å². The lowest BCUT2D eigenvalue weighted by Crippen LogP contribution is -2.15. The minimum Gasteiger partial charge on any atom is -0.496 e. The van der Waals surface area contributed by atoms with Crippen LogP contribution in [0.5, 0.6) is 5.75 Å². The van der Waals surface area contributed by atoms with Crippen molar-refractivity contribution in [3.05, 3.63) is 52.5 Å². The van der Waals surface area contributed by atoms with Crippen LogP contribution in [-0.2, 0) is 23.7 Å². The average Bonchev–Trinajstić information content (AvgIpc) is 3.40.